The van der Waals surface area contributed by atoms with Crippen molar-refractivity contribution in [2.75, 3.05) is 5.06 Å². The van der Waals surface area contributed by atoms with Crippen LogP contribution in [0.4, 0.5) is 5.69 Å². The summed E-state index contributed by atoms with van der Waals surface area (Å²) in [6.07, 6.45) is 6.88. The van der Waals surface area contributed by atoms with Crippen LogP contribution in [0.1, 0.15) is 6.92 Å². The minimum atomic E-state index is -0.235. The first-order valence-electron chi connectivity index (χ1n) is 6.72. The lowest BCUT2D eigenvalue weighted by Crippen LogP contribution is -2.32. The van der Waals surface area contributed by atoms with E-state index < -0.39 is 0 Å². The molecule has 3 rings (SSSR count). The molecule has 0 N–H and O–H groups in total. The van der Waals surface area contributed by atoms with E-state index in [0.717, 1.165) is 5.69 Å². The molecule has 0 spiro atoms. The average molecular weight is 294 g/mol. The molecule has 22 heavy (non-hydrogen) atoms. The van der Waals surface area contributed by atoms with Gasteiger partial charge in [0.15, 0.2) is 0 Å². The molecule has 1 aromatic carbocycles. The molecule has 0 atom stereocenters. The van der Waals surface area contributed by atoms with Gasteiger partial charge in [0.05, 0.1) is 12.0 Å². The van der Waals surface area contributed by atoms with Gasteiger partial charge in [-0.25, -0.2) is 9.97 Å². The number of rotatable bonds is 4. The van der Waals surface area contributed by atoms with Crippen LogP contribution < -0.4 is 9.90 Å². The molecule has 2 aromatic heterocycles. The van der Waals surface area contributed by atoms with Crippen LogP contribution in [0.3, 0.4) is 0 Å². The molecule has 2 heterocycles. The lowest BCUT2D eigenvalue weighted by molar-refractivity contribution is -0.120. The highest BCUT2D eigenvalue weighted by molar-refractivity contribution is 5.89. The smallest absolute Gasteiger partial charge is 0.256 e. The third-order valence-corrected chi connectivity index (χ3v) is 3.00. The number of hydrogen-bond donors (Lipinski definition) is 0. The Morgan fingerprint density at radius 1 is 1.14 bits per heavy atom. The molecule has 3 aromatic rings. The minimum absolute atomic E-state index is 0.235. The van der Waals surface area contributed by atoms with Crippen LogP contribution in [-0.4, -0.2) is 20.4 Å². The quantitative estimate of drug-likeness (QED) is 0.694. The fourth-order valence-corrected chi connectivity index (χ4v) is 1.97. The normalized spacial score (nSPS) is 10.2. The number of aromatic nitrogens is 3. The minimum Gasteiger partial charge on any atom is -0.351 e. The molecule has 0 bridgehead atoms. The number of hydrogen-bond acceptors (Lipinski definition) is 4. The lowest BCUT2D eigenvalue weighted by Gasteiger charge is -2.20. The number of imidazole rings is 1. The maximum atomic E-state index is 11.8. The number of benzene rings is 1. The first kappa shape index (κ1) is 13.8. The van der Waals surface area contributed by atoms with Gasteiger partial charge in [0.1, 0.15) is 0 Å². The zero-order valence-corrected chi connectivity index (χ0v) is 12.0. The van der Waals surface area contributed by atoms with Gasteiger partial charge < -0.3 is 9.40 Å². The van der Waals surface area contributed by atoms with Crippen LogP contribution >= 0.6 is 0 Å². The Bertz CT molecular complexity index is 740. The van der Waals surface area contributed by atoms with Crippen molar-refractivity contribution in [2.24, 2.45) is 0 Å². The van der Waals surface area contributed by atoms with Crippen LogP contribution in [0.2, 0.25) is 0 Å². The maximum Gasteiger partial charge on any atom is 0.256 e. The SMILES string of the molecule is CC(=O)N(Oc1ccccn1)c1ccc(-n2ccnc2)cc1. The second-order valence-corrected chi connectivity index (χ2v) is 4.56. The molecule has 0 unspecified atom stereocenters. The zero-order chi connectivity index (χ0) is 15.4. The maximum absolute atomic E-state index is 11.8. The first-order valence-corrected chi connectivity index (χ1v) is 6.72. The van der Waals surface area contributed by atoms with E-state index >= 15 is 0 Å². The number of amides is 1. The monoisotopic (exact) mass is 294 g/mol. The van der Waals surface area contributed by atoms with Gasteiger partial charge in [-0.1, -0.05) is 6.07 Å². The van der Waals surface area contributed by atoms with Crippen molar-refractivity contribution in [1.82, 2.24) is 14.5 Å². The third-order valence-electron chi connectivity index (χ3n) is 3.00. The van der Waals surface area contributed by atoms with Crippen LogP contribution in [0.25, 0.3) is 5.69 Å². The van der Waals surface area contributed by atoms with Crippen LogP contribution in [0.15, 0.2) is 67.4 Å². The number of hydroxylamine groups is 1. The van der Waals surface area contributed by atoms with E-state index in [0.29, 0.717) is 11.6 Å². The second kappa shape index (κ2) is 6.09. The lowest BCUT2D eigenvalue weighted by atomic mass is 10.2. The standard InChI is InChI=1S/C16H14N4O2/c1-13(21)20(22-16-4-2-3-9-18-16)15-7-5-14(6-8-15)19-11-10-17-12-19/h2-12H,1H3. The van der Waals surface area contributed by atoms with Crippen molar-refractivity contribution in [3.05, 3.63) is 67.4 Å². The Balaban J connectivity index is 1.84. The zero-order valence-electron chi connectivity index (χ0n) is 12.0. The van der Waals surface area contributed by atoms with E-state index in [2.05, 4.69) is 9.97 Å². The van der Waals surface area contributed by atoms with Crippen molar-refractivity contribution in [1.29, 1.82) is 0 Å². The summed E-state index contributed by atoms with van der Waals surface area (Å²) in [7, 11) is 0. The predicted octanol–water partition coefficient (Wildman–Crippen LogP) is 2.61. The van der Waals surface area contributed by atoms with Crippen molar-refractivity contribution >= 4 is 11.6 Å². The van der Waals surface area contributed by atoms with Gasteiger partial charge in [0, 0.05) is 37.3 Å². The highest BCUT2D eigenvalue weighted by Crippen LogP contribution is 2.19. The van der Waals surface area contributed by atoms with E-state index in [1.165, 1.54) is 12.0 Å². The molecule has 0 saturated carbocycles. The number of pyridine rings is 1. The first-order chi connectivity index (χ1) is 10.7. The van der Waals surface area contributed by atoms with Gasteiger partial charge in [0.25, 0.3) is 5.91 Å². The second-order valence-electron chi connectivity index (χ2n) is 4.56. The van der Waals surface area contributed by atoms with Gasteiger partial charge in [-0.3, -0.25) is 4.79 Å². The van der Waals surface area contributed by atoms with Crippen LogP contribution in [-0.2, 0) is 4.79 Å². The molecule has 110 valence electrons. The summed E-state index contributed by atoms with van der Waals surface area (Å²) in [4.78, 5) is 25.4. The summed E-state index contributed by atoms with van der Waals surface area (Å²) in [5.74, 6) is 0.123. The topological polar surface area (TPSA) is 60.3 Å². The Labute approximate surface area is 127 Å². The van der Waals surface area contributed by atoms with E-state index in [1.54, 1.807) is 49.1 Å². The molecule has 0 aliphatic heterocycles. The van der Waals surface area contributed by atoms with Crippen molar-refractivity contribution in [3.8, 4) is 11.6 Å². The molecular weight excluding hydrogens is 280 g/mol. The third kappa shape index (κ3) is 2.95. The van der Waals surface area contributed by atoms with Gasteiger partial charge in [-0.2, -0.15) is 0 Å². The number of anilines is 1. The molecular formula is C16H14N4O2. The summed E-state index contributed by atoms with van der Waals surface area (Å²) in [5, 5.41) is 1.21. The van der Waals surface area contributed by atoms with Gasteiger partial charge >= 0.3 is 0 Å². The highest BCUT2D eigenvalue weighted by atomic mass is 16.7. The Hall–Kier alpha value is -3.15. The summed E-state index contributed by atoms with van der Waals surface area (Å²) < 4.78 is 1.88. The molecule has 0 radical (unpaired) electrons. The summed E-state index contributed by atoms with van der Waals surface area (Å²) in [6.45, 7) is 1.44. The summed E-state index contributed by atoms with van der Waals surface area (Å²) >= 11 is 0. The van der Waals surface area contributed by atoms with Gasteiger partial charge in [-0.15, -0.1) is 5.06 Å². The van der Waals surface area contributed by atoms with Gasteiger partial charge in [0.2, 0.25) is 5.88 Å². The molecule has 6 nitrogen and oxygen atoms in total. The fraction of sp³-hybridized carbons (Fsp3) is 0.0625. The predicted molar refractivity (Wildman–Crippen MR) is 81.6 cm³/mol. The summed E-state index contributed by atoms with van der Waals surface area (Å²) in [6, 6.07) is 12.6. The largest absolute Gasteiger partial charge is 0.351 e. The molecule has 0 aliphatic rings. The Kier molecular flexibility index (Phi) is 3.82. The number of nitrogens with zero attached hydrogens (tertiary/aromatic N) is 4. The van der Waals surface area contributed by atoms with Crippen LogP contribution in [0, 0.1) is 0 Å². The molecule has 1 amide bonds. The van der Waals surface area contributed by atoms with Crippen LogP contribution in [0.5, 0.6) is 5.88 Å². The highest BCUT2D eigenvalue weighted by Gasteiger charge is 2.14. The van der Waals surface area contributed by atoms with Crippen molar-refractivity contribution in [3.63, 3.8) is 0 Å². The Morgan fingerprint density at radius 2 is 1.95 bits per heavy atom. The van der Waals surface area contributed by atoms with Crippen molar-refractivity contribution < 1.29 is 9.63 Å². The van der Waals surface area contributed by atoms with E-state index in [1.807, 2.05) is 22.9 Å². The number of carbonyl (C=O) groups is 1. The molecule has 0 aliphatic carbocycles. The summed E-state index contributed by atoms with van der Waals surface area (Å²) in [5.41, 5.74) is 1.57. The molecule has 0 fully saturated rings. The van der Waals surface area contributed by atoms with Gasteiger partial charge in [-0.05, 0) is 30.3 Å². The fourth-order valence-electron chi connectivity index (χ4n) is 1.97. The Morgan fingerprint density at radius 3 is 2.55 bits per heavy atom. The molecule has 0 saturated heterocycles. The van der Waals surface area contributed by atoms with E-state index in [9.17, 15) is 4.79 Å². The number of carbonyl (C=O) groups excluding carboxylic acids is 1. The van der Waals surface area contributed by atoms with Crippen molar-refractivity contribution in [2.45, 2.75) is 6.92 Å². The average Bonchev–Trinajstić information content (AvgIpc) is 3.08. The molecule has 6 heteroatoms. The van der Waals surface area contributed by atoms with E-state index in [-0.39, 0.29) is 5.91 Å². The van der Waals surface area contributed by atoms with E-state index in [4.69, 9.17) is 4.84 Å².